The normalized spacial score (nSPS) is 17.8. The maximum absolute atomic E-state index is 13.3. The summed E-state index contributed by atoms with van der Waals surface area (Å²) in [5.74, 6) is -0.947. The second kappa shape index (κ2) is 8.10. The number of likely N-dealkylation sites (tertiary alicyclic amines) is 1. The number of rotatable bonds is 4. The van der Waals surface area contributed by atoms with Crippen LogP contribution in [0.25, 0.3) is 16.5 Å². The maximum atomic E-state index is 13.3. The minimum Gasteiger partial charge on any atom is -0.507 e. The van der Waals surface area contributed by atoms with Crippen LogP contribution >= 0.6 is 0 Å². The molecule has 0 saturated carbocycles. The Bertz CT molecular complexity index is 1410. The van der Waals surface area contributed by atoms with E-state index >= 15 is 0 Å². The second-order valence-corrected chi connectivity index (χ2v) is 8.39. The van der Waals surface area contributed by atoms with Gasteiger partial charge in [0.2, 0.25) is 0 Å². The Balaban J connectivity index is 1.77. The molecule has 1 saturated heterocycles. The Labute approximate surface area is 191 Å². The number of Topliss-reactive ketones (excluding diaryl/α,β-unsaturated/α-hetero) is 1. The smallest absolute Gasteiger partial charge is 0.296 e. The van der Waals surface area contributed by atoms with Gasteiger partial charge >= 0.3 is 0 Å². The molecule has 0 bridgehead atoms. The third kappa shape index (κ3) is 3.52. The summed E-state index contributed by atoms with van der Waals surface area (Å²) in [6.45, 7) is 3.92. The fourth-order valence-corrected chi connectivity index (χ4v) is 4.56. The Morgan fingerprint density at radius 3 is 2.55 bits per heavy atom. The van der Waals surface area contributed by atoms with E-state index in [1.807, 2.05) is 74.5 Å². The van der Waals surface area contributed by atoms with E-state index < -0.39 is 17.7 Å². The van der Waals surface area contributed by atoms with Crippen molar-refractivity contribution in [2.45, 2.75) is 26.4 Å². The number of aryl methyl sites for hydroxylation is 2. The van der Waals surface area contributed by atoms with Crippen LogP contribution in [0.1, 0.15) is 34.1 Å². The van der Waals surface area contributed by atoms with Crippen LogP contribution in [-0.2, 0) is 16.1 Å². The summed E-state index contributed by atoms with van der Waals surface area (Å²) in [4.78, 5) is 28.1. The van der Waals surface area contributed by atoms with Crippen molar-refractivity contribution in [3.05, 3.63) is 113 Å². The van der Waals surface area contributed by atoms with Crippen molar-refractivity contribution in [1.29, 1.82) is 0 Å². The van der Waals surface area contributed by atoms with Crippen LogP contribution in [0, 0.1) is 13.8 Å². The number of hydrogen-bond donors (Lipinski definition) is 1. The predicted octanol–water partition coefficient (Wildman–Crippen LogP) is 5.67. The molecule has 5 heteroatoms. The van der Waals surface area contributed by atoms with Crippen LogP contribution in [-0.4, -0.2) is 21.7 Å². The average Bonchev–Trinajstić information content (AvgIpc) is 3.42. The summed E-state index contributed by atoms with van der Waals surface area (Å²) in [5.41, 5.74) is 3.21. The van der Waals surface area contributed by atoms with Gasteiger partial charge in [-0.3, -0.25) is 9.59 Å². The number of benzene rings is 3. The SMILES string of the molecule is Cc1ccc(C)c(/C(O)=C2\C(=O)C(=O)N(Cc3ccco3)C2c2cccc3ccccc23)c1. The van der Waals surface area contributed by atoms with Crippen LogP contribution in [0.15, 0.2) is 89.0 Å². The molecule has 1 aliphatic heterocycles. The van der Waals surface area contributed by atoms with E-state index in [4.69, 9.17) is 4.42 Å². The molecule has 5 nitrogen and oxygen atoms in total. The molecule has 0 spiro atoms. The molecule has 0 radical (unpaired) electrons. The zero-order valence-corrected chi connectivity index (χ0v) is 18.4. The van der Waals surface area contributed by atoms with Crippen molar-refractivity contribution in [3.8, 4) is 0 Å². The second-order valence-electron chi connectivity index (χ2n) is 8.39. The average molecular weight is 437 g/mol. The summed E-state index contributed by atoms with van der Waals surface area (Å²) in [7, 11) is 0. The Morgan fingerprint density at radius 2 is 1.76 bits per heavy atom. The number of amides is 1. The van der Waals surface area contributed by atoms with Crippen molar-refractivity contribution in [2.75, 3.05) is 0 Å². The first kappa shape index (κ1) is 20.8. The van der Waals surface area contributed by atoms with Gasteiger partial charge < -0.3 is 14.4 Å². The highest BCUT2D eigenvalue weighted by atomic mass is 16.3. The number of aliphatic hydroxyl groups is 1. The van der Waals surface area contributed by atoms with E-state index in [0.717, 1.165) is 27.5 Å². The minimum atomic E-state index is -0.749. The first-order valence-corrected chi connectivity index (χ1v) is 10.8. The zero-order valence-electron chi connectivity index (χ0n) is 18.4. The number of furan rings is 1. The van der Waals surface area contributed by atoms with Gasteiger partial charge in [-0.2, -0.15) is 0 Å². The first-order chi connectivity index (χ1) is 16.0. The number of aliphatic hydroxyl groups excluding tert-OH is 1. The van der Waals surface area contributed by atoms with Crippen molar-refractivity contribution in [1.82, 2.24) is 4.90 Å². The molecule has 4 aromatic rings. The van der Waals surface area contributed by atoms with E-state index in [2.05, 4.69) is 0 Å². The lowest BCUT2D eigenvalue weighted by Crippen LogP contribution is -2.29. The molecule has 1 aromatic heterocycles. The molecule has 1 fully saturated rings. The van der Waals surface area contributed by atoms with E-state index in [-0.39, 0.29) is 17.9 Å². The van der Waals surface area contributed by atoms with Gasteiger partial charge in [0.1, 0.15) is 11.5 Å². The monoisotopic (exact) mass is 437 g/mol. The van der Waals surface area contributed by atoms with E-state index in [9.17, 15) is 14.7 Å². The lowest BCUT2D eigenvalue weighted by atomic mass is 9.90. The molecule has 2 heterocycles. The summed E-state index contributed by atoms with van der Waals surface area (Å²) in [5, 5.41) is 13.3. The number of hydrogen-bond acceptors (Lipinski definition) is 4. The highest BCUT2D eigenvalue weighted by Crippen LogP contribution is 2.43. The topological polar surface area (TPSA) is 70.8 Å². The van der Waals surface area contributed by atoms with E-state index in [1.54, 1.807) is 12.1 Å². The molecule has 164 valence electrons. The third-order valence-corrected chi connectivity index (χ3v) is 6.21. The number of nitrogens with zero attached hydrogens (tertiary/aromatic N) is 1. The molecule has 3 aromatic carbocycles. The van der Waals surface area contributed by atoms with Crippen LogP contribution in [0.4, 0.5) is 0 Å². The van der Waals surface area contributed by atoms with E-state index in [0.29, 0.717) is 11.3 Å². The standard InChI is InChI=1S/C28H23NO4/c1-17-12-13-18(2)23(15-17)26(30)24-25(22-11-5-8-19-7-3-4-10-21(19)22)29(28(32)27(24)31)16-20-9-6-14-33-20/h3-15,25,30H,16H2,1-2H3/b26-24+. The lowest BCUT2D eigenvalue weighted by Gasteiger charge is -2.26. The highest BCUT2D eigenvalue weighted by molar-refractivity contribution is 6.46. The van der Waals surface area contributed by atoms with Gasteiger partial charge in [0.15, 0.2) is 0 Å². The van der Waals surface area contributed by atoms with Crippen molar-refractivity contribution < 1.29 is 19.1 Å². The third-order valence-electron chi connectivity index (χ3n) is 6.21. The fraction of sp³-hybridized carbons (Fsp3) is 0.143. The molecule has 1 amide bonds. The van der Waals surface area contributed by atoms with Gasteiger partial charge in [0.25, 0.3) is 11.7 Å². The summed E-state index contributed by atoms with van der Waals surface area (Å²) in [6.07, 6.45) is 1.54. The van der Waals surface area contributed by atoms with Gasteiger partial charge in [-0.05, 0) is 53.9 Å². The lowest BCUT2D eigenvalue weighted by molar-refractivity contribution is -0.140. The van der Waals surface area contributed by atoms with Crippen LogP contribution in [0.5, 0.6) is 0 Å². The van der Waals surface area contributed by atoms with Crippen LogP contribution in [0.2, 0.25) is 0 Å². The summed E-state index contributed by atoms with van der Waals surface area (Å²) in [6, 6.07) is 22.1. The van der Waals surface area contributed by atoms with Crippen molar-refractivity contribution in [2.24, 2.45) is 0 Å². The highest BCUT2D eigenvalue weighted by Gasteiger charge is 2.47. The zero-order chi connectivity index (χ0) is 23.1. The molecule has 1 aliphatic rings. The number of ketones is 1. The molecule has 1 unspecified atom stereocenters. The quantitative estimate of drug-likeness (QED) is 0.254. The largest absolute Gasteiger partial charge is 0.507 e. The minimum absolute atomic E-state index is 0.0941. The van der Waals surface area contributed by atoms with Gasteiger partial charge in [0, 0.05) is 5.56 Å². The number of carbonyl (C=O) groups excluding carboxylic acids is 2. The Hall–Kier alpha value is -4.12. The molecular weight excluding hydrogens is 414 g/mol. The van der Waals surface area contributed by atoms with Crippen molar-refractivity contribution >= 4 is 28.2 Å². The summed E-state index contributed by atoms with van der Waals surface area (Å²) >= 11 is 0. The van der Waals surface area contributed by atoms with Gasteiger partial charge in [0.05, 0.1) is 24.4 Å². The molecule has 1 N–H and O–H groups in total. The number of fused-ring (bicyclic) bond motifs is 1. The van der Waals surface area contributed by atoms with Gasteiger partial charge in [-0.25, -0.2) is 0 Å². The summed E-state index contributed by atoms with van der Waals surface area (Å²) < 4.78 is 5.48. The van der Waals surface area contributed by atoms with Gasteiger partial charge in [-0.1, -0.05) is 60.2 Å². The molecule has 5 rings (SSSR count). The molecule has 1 atom stereocenters. The Morgan fingerprint density at radius 1 is 0.970 bits per heavy atom. The molecule has 33 heavy (non-hydrogen) atoms. The predicted molar refractivity (Wildman–Crippen MR) is 126 cm³/mol. The number of carbonyl (C=O) groups is 2. The van der Waals surface area contributed by atoms with E-state index in [1.165, 1.54) is 11.2 Å². The van der Waals surface area contributed by atoms with Gasteiger partial charge in [-0.15, -0.1) is 0 Å². The van der Waals surface area contributed by atoms with Crippen molar-refractivity contribution in [3.63, 3.8) is 0 Å². The Kier molecular flexibility index (Phi) is 5.09. The van der Waals surface area contributed by atoms with Crippen LogP contribution < -0.4 is 0 Å². The fourth-order valence-electron chi connectivity index (χ4n) is 4.56. The van der Waals surface area contributed by atoms with Crippen LogP contribution in [0.3, 0.4) is 0 Å². The molecule has 0 aliphatic carbocycles. The maximum Gasteiger partial charge on any atom is 0.296 e. The first-order valence-electron chi connectivity index (χ1n) is 10.8. The molecular formula is C28H23NO4.